The normalized spacial score (nSPS) is 14.0. The van der Waals surface area contributed by atoms with Gasteiger partial charge in [0, 0.05) is 30.5 Å². The zero-order chi connectivity index (χ0) is 16.5. The number of carbonyl (C=O) groups is 1. The van der Waals surface area contributed by atoms with Crippen molar-refractivity contribution in [2.24, 2.45) is 0 Å². The molecule has 3 aromatic rings. The number of amides is 1. The largest absolute Gasteiger partial charge is 0.451 e. The number of hydrogen-bond acceptors (Lipinski definition) is 4. The van der Waals surface area contributed by atoms with Gasteiger partial charge in [0.25, 0.3) is 11.5 Å². The Bertz CT molecular complexity index is 920. The van der Waals surface area contributed by atoms with Crippen molar-refractivity contribution in [3.63, 3.8) is 0 Å². The van der Waals surface area contributed by atoms with Crippen molar-refractivity contribution in [2.75, 3.05) is 6.54 Å². The van der Waals surface area contributed by atoms with Gasteiger partial charge in [-0.2, -0.15) is 0 Å². The first-order valence-electron chi connectivity index (χ1n) is 8.04. The lowest BCUT2D eigenvalue weighted by molar-refractivity contribution is 0.0926. The van der Waals surface area contributed by atoms with Crippen LogP contribution in [0.4, 0.5) is 0 Å². The van der Waals surface area contributed by atoms with E-state index in [9.17, 15) is 9.59 Å². The third kappa shape index (κ3) is 2.95. The van der Waals surface area contributed by atoms with E-state index in [1.165, 1.54) is 4.57 Å². The minimum absolute atomic E-state index is 0.0788. The maximum Gasteiger partial charge on any atom is 0.287 e. The summed E-state index contributed by atoms with van der Waals surface area (Å²) in [7, 11) is 0. The molecule has 0 radical (unpaired) electrons. The third-order valence-corrected chi connectivity index (χ3v) is 4.18. The van der Waals surface area contributed by atoms with Gasteiger partial charge in [0.15, 0.2) is 5.76 Å². The van der Waals surface area contributed by atoms with Crippen molar-refractivity contribution >= 4 is 16.9 Å². The first kappa shape index (κ1) is 14.7. The summed E-state index contributed by atoms with van der Waals surface area (Å²) in [5, 5.41) is 3.65. The van der Waals surface area contributed by atoms with E-state index >= 15 is 0 Å². The Morgan fingerprint density at radius 3 is 2.88 bits per heavy atom. The first-order valence-corrected chi connectivity index (χ1v) is 8.04. The average Bonchev–Trinajstić information content (AvgIpc) is 3.34. The quantitative estimate of drug-likeness (QED) is 0.781. The molecule has 2 heterocycles. The Labute approximate surface area is 138 Å². The Kier molecular flexibility index (Phi) is 3.65. The Morgan fingerprint density at radius 2 is 2.12 bits per heavy atom. The van der Waals surface area contributed by atoms with Crippen LogP contribution in [0.1, 0.15) is 35.0 Å². The monoisotopic (exact) mass is 323 g/mol. The van der Waals surface area contributed by atoms with Crippen LogP contribution in [-0.2, 0) is 6.54 Å². The van der Waals surface area contributed by atoms with Gasteiger partial charge in [0.05, 0.1) is 12.0 Å². The van der Waals surface area contributed by atoms with Crippen LogP contribution in [0, 0.1) is 0 Å². The number of fused-ring (bicyclic) bond motifs is 1. The lowest BCUT2D eigenvalue weighted by atomic mass is 10.2. The van der Waals surface area contributed by atoms with E-state index in [-0.39, 0.29) is 17.2 Å². The average molecular weight is 323 g/mol. The summed E-state index contributed by atoms with van der Waals surface area (Å²) in [4.78, 5) is 28.5. The van der Waals surface area contributed by atoms with Crippen molar-refractivity contribution in [3.8, 4) is 0 Å². The molecule has 1 aromatic carbocycles. The molecule has 0 saturated heterocycles. The molecule has 1 amide bonds. The predicted molar refractivity (Wildman–Crippen MR) is 89.0 cm³/mol. The van der Waals surface area contributed by atoms with Crippen LogP contribution in [0.5, 0.6) is 0 Å². The molecule has 1 N–H and O–H groups in total. The molecule has 6 heteroatoms. The van der Waals surface area contributed by atoms with Crippen molar-refractivity contribution in [3.05, 3.63) is 64.5 Å². The summed E-state index contributed by atoms with van der Waals surface area (Å²) >= 11 is 0. The molecule has 1 saturated carbocycles. The van der Waals surface area contributed by atoms with Crippen molar-refractivity contribution in [2.45, 2.75) is 25.3 Å². The number of rotatable bonds is 5. The second-order valence-corrected chi connectivity index (χ2v) is 6.02. The minimum atomic E-state index is -0.290. The Morgan fingerprint density at radius 1 is 1.29 bits per heavy atom. The van der Waals surface area contributed by atoms with Crippen LogP contribution in [0.15, 0.2) is 51.9 Å². The lowest BCUT2D eigenvalue weighted by Gasteiger charge is -2.07. The van der Waals surface area contributed by atoms with Crippen LogP contribution in [0.25, 0.3) is 11.0 Å². The van der Waals surface area contributed by atoms with Crippen LogP contribution < -0.4 is 10.9 Å². The number of aromatic nitrogens is 2. The van der Waals surface area contributed by atoms with Crippen molar-refractivity contribution in [1.82, 2.24) is 14.9 Å². The maximum atomic E-state index is 12.1. The number of benzene rings is 1. The summed E-state index contributed by atoms with van der Waals surface area (Å²) in [5.74, 6) is 0.438. The highest BCUT2D eigenvalue weighted by Gasteiger charge is 2.25. The van der Waals surface area contributed by atoms with Crippen LogP contribution >= 0.6 is 0 Å². The van der Waals surface area contributed by atoms with E-state index in [2.05, 4.69) is 10.3 Å². The van der Waals surface area contributed by atoms with Gasteiger partial charge in [-0.1, -0.05) is 18.2 Å². The molecular weight excluding hydrogens is 306 g/mol. The van der Waals surface area contributed by atoms with Crippen LogP contribution in [0.3, 0.4) is 0 Å². The summed E-state index contributed by atoms with van der Waals surface area (Å²) in [6, 6.07) is 10.8. The van der Waals surface area contributed by atoms with E-state index in [0.29, 0.717) is 24.6 Å². The van der Waals surface area contributed by atoms with Crippen LogP contribution in [0.2, 0.25) is 0 Å². The van der Waals surface area contributed by atoms with Gasteiger partial charge in [-0.25, -0.2) is 4.98 Å². The molecule has 0 bridgehead atoms. The fraction of sp³-hybridized carbons (Fsp3) is 0.278. The first-order chi connectivity index (χ1) is 11.7. The van der Waals surface area contributed by atoms with E-state index in [0.717, 1.165) is 23.9 Å². The van der Waals surface area contributed by atoms with E-state index in [1.807, 2.05) is 24.3 Å². The minimum Gasteiger partial charge on any atom is -0.451 e. The second-order valence-electron chi connectivity index (χ2n) is 6.02. The predicted octanol–water partition coefficient (Wildman–Crippen LogP) is 2.30. The molecule has 2 aromatic heterocycles. The molecule has 0 unspecified atom stereocenters. The molecule has 1 aliphatic rings. The lowest BCUT2D eigenvalue weighted by Crippen LogP contribution is -2.30. The van der Waals surface area contributed by atoms with E-state index in [1.54, 1.807) is 18.5 Å². The topological polar surface area (TPSA) is 77.1 Å². The van der Waals surface area contributed by atoms with Gasteiger partial charge in [0.2, 0.25) is 0 Å². The highest BCUT2D eigenvalue weighted by atomic mass is 16.3. The van der Waals surface area contributed by atoms with Gasteiger partial charge in [-0.3, -0.25) is 14.2 Å². The number of para-hydroxylation sites is 1. The standard InChI is InChI=1S/C18H17N3O3/c22-17-10-14(12-5-6-12)20-11-21(17)8-7-19-18(23)16-9-13-3-1-2-4-15(13)24-16/h1-4,9-12H,5-8H2,(H,19,23). The Balaban J connectivity index is 1.38. The summed E-state index contributed by atoms with van der Waals surface area (Å²) in [5.41, 5.74) is 1.48. The number of carbonyl (C=O) groups excluding carboxylic acids is 1. The van der Waals surface area contributed by atoms with Crippen molar-refractivity contribution in [1.29, 1.82) is 0 Å². The zero-order valence-corrected chi connectivity index (χ0v) is 13.1. The summed E-state index contributed by atoms with van der Waals surface area (Å²) < 4.78 is 7.02. The number of hydrogen-bond donors (Lipinski definition) is 1. The molecule has 1 aliphatic carbocycles. The number of furan rings is 1. The fourth-order valence-corrected chi connectivity index (χ4v) is 2.68. The molecule has 6 nitrogen and oxygen atoms in total. The molecule has 4 rings (SSSR count). The smallest absolute Gasteiger partial charge is 0.287 e. The molecule has 0 spiro atoms. The molecule has 0 aliphatic heterocycles. The van der Waals surface area contributed by atoms with Gasteiger partial charge in [-0.15, -0.1) is 0 Å². The number of nitrogens with one attached hydrogen (secondary N) is 1. The van der Waals surface area contributed by atoms with E-state index in [4.69, 9.17) is 4.42 Å². The third-order valence-electron chi connectivity index (χ3n) is 4.18. The van der Waals surface area contributed by atoms with Gasteiger partial charge in [-0.05, 0) is 25.0 Å². The maximum absolute atomic E-state index is 12.1. The molecule has 0 atom stereocenters. The zero-order valence-electron chi connectivity index (χ0n) is 13.1. The fourth-order valence-electron chi connectivity index (χ4n) is 2.68. The van der Waals surface area contributed by atoms with Gasteiger partial charge < -0.3 is 9.73 Å². The van der Waals surface area contributed by atoms with Gasteiger partial charge >= 0.3 is 0 Å². The molecule has 1 fully saturated rings. The van der Waals surface area contributed by atoms with Crippen LogP contribution in [-0.4, -0.2) is 22.0 Å². The second kappa shape index (κ2) is 5.96. The summed E-state index contributed by atoms with van der Waals surface area (Å²) in [6.45, 7) is 0.711. The van der Waals surface area contributed by atoms with Crippen molar-refractivity contribution < 1.29 is 9.21 Å². The molecule has 122 valence electrons. The summed E-state index contributed by atoms with van der Waals surface area (Å²) in [6.07, 6.45) is 3.79. The highest BCUT2D eigenvalue weighted by Crippen LogP contribution is 2.38. The van der Waals surface area contributed by atoms with E-state index < -0.39 is 0 Å². The molecule has 24 heavy (non-hydrogen) atoms. The highest BCUT2D eigenvalue weighted by molar-refractivity contribution is 5.95. The number of nitrogens with zero attached hydrogens (tertiary/aromatic N) is 2. The van der Waals surface area contributed by atoms with Gasteiger partial charge in [0.1, 0.15) is 5.58 Å². The Hall–Kier alpha value is -2.89. The molecular formula is C18H17N3O3. The SMILES string of the molecule is O=C(NCCn1cnc(C2CC2)cc1=O)c1cc2ccccc2o1.